The number of methoxy groups -OCH3 is 2. The first-order valence-corrected chi connectivity index (χ1v) is 8.43. The van der Waals surface area contributed by atoms with Crippen molar-refractivity contribution in [2.24, 2.45) is 0 Å². The maximum atomic E-state index is 13.0. The Balaban J connectivity index is 2.05. The van der Waals surface area contributed by atoms with Crippen molar-refractivity contribution in [2.75, 3.05) is 14.2 Å². The van der Waals surface area contributed by atoms with E-state index in [9.17, 15) is 9.18 Å². The van der Waals surface area contributed by atoms with Gasteiger partial charge in [0.2, 0.25) is 0 Å². The molecule has 0 radical (unpaired) electrons. The van der Waals surface area contributed by atoms with Crippen LogP contribution in [0.3, 0.4) is 0 Å². The first-order valence-electron chi connectivity index (χ1n) is 8.43. The van der Waals surface area contributed by atoms with E-state index in [-0.39, 0.29) is 17.8 Å². The summed E-state index contributed by atoms with van der Waals surface area (Å²) in [5.74, 6) is 1.09. The molecule has 0 unspecified atom stereocenters. The summed E-state index contributed by atoms with van der Waals surface area (Å²) in [6.07, 6.45) is -0.176. The van der Waals surface area contributed by atoms with Crippen molar-refractivity contribution >= 4 is 5.91 Å². The predicted octanol–water partition coefficient (Wildman–Crippen LogP) is 3.88. The van der Waals surface area contributed by atoms with Crippen LogP contribution >= 0.6 is 0 Å². The highest BCUT2D eigenvalue weighted by Crippen LogP contribution is 2.30. The maximum Gasteiger partial charge on any atom is 0.261 e. The molecule has 0 spiro atoms. The molecule has 1 N–H and O–H groups in total. The third kappa shape index (κ3) is 4.88. The van der Waals surface area contributed by atoms with Crippen LogP contribution in [-0.4, -0.2) is 26.2 Å². The number of hydrogen-bond donors (Lipinski definition) is 1. The van der Waals surface area contributed by atoms with E-state index in [1.807, 2.05) is 26.0 Å². The number of amides is 1. The summed E-state index contributed by atoms with van der Waals surface area (Å²) in [5, 5.41) is 2.93. The lowest BCUT2D eigenvalue weighted by atomic mass is 10.1. The summed E-state index contributed by atoms with van der Waals surface area (Å²) in [5.41, 5.74) is 0.882. The van der Waals surface area contributed by atoms with Gasteiger partial charge in [0.25, 0.3) is 5.91 Å². The first-order chi connectivity index (χ1) is 12.5. The van der Waals surface area contributed by atoms with E-state index in [2.05, 4.69) is 5.32 Å². The number of ether oxygens (including phenoxy) is 3. The van der Waals surface area contributed by atoms with Crippen molar-refractivity contribution in [1.82, 2.24) is 5.32 Å². The monoisotopic (exact) mass is 361 g/mol. The van der Waals surface area contributed by atoms with Gasteiger partial charge in [0, 0.05) is 0 Å². The second-order valence-electron chi connectivity index (χ2n) is 5.81. The van der Waals surface area contributed by atoms with Gasteiger partial charge >= 0.3 is 0 Å². The van der Waals surface area contributed by atoms with Crippen molar-refractivity contribution in [2.45, 2.75) is 32.4 Å². The van der Waals surface area contributed by atoms with E-state index in [1.54, 1.807) is 20.3 Å². The number of benzene rings is 2. The zero-order chi connectivity index (χ0) is 19.1. The highest BCUT2D eigenvalue weighted by Gasteiger charge is 2.21. The van der Waals surface area contributed by atoms with Gasteiger partial charge < -0.3 is 19.5 Å². The van der Waals surface area contributed by atoms with Crippen LogP contribution in [0.15, 0.2) is 42.5 Å². The Morgan fingerprint density at radius 3 is 2.31 bits per heavy atom. The molecule has 0 fully saturated rings. The topological polar surface area (TPSA) is 56.8 Å². The molecule has 2 aromatic rings. The van der Waals surface area contributed by atoms with Gasteiger partial charge in [0.15, 0.2) is 17.6 Å². The van der Waals surface area contributed by atoms with Gasteiger partial charge in [-0.1, -0.05) is 13.0 Å². The quantitative estimate of drug-likeness (QED) is 0.775. The summed E-state index contributed by atoms with van der Waals surface area (Å²) < 4.78 is 29.2. The molecule has 5 nitrogen and oxygen atoms in total. The van der Waals surface area contributed by atoms with Gasteiger partial charge in [-0.05, 0) is 55.3 Å². The molecule has 0 aromatic heterocycles. The van der Waals surface area contributed by atoms with E-state index in [1.165, 1.54) is 24.3 Å². The fourth-order valence-electron chi connectivity index (χ4n) is 2.51. The summed E-state index contributed by atoms with van der Waals surface area (Å²) in [6, 6.07) is 10.8. The van der Waals surface area contributed by atoms with Crippen LogP contribution in [0.1, 0.15) is 31.9 Å². The average molecular weight is 361 g/mol. The number of rotatable bonds is 8. The Bertz CT molecular complexity index is 733. The minimum absolute atomic E-state index is 0.237. The fourth-order valence-corrected chi connectivity index (χ4v) is 2.51. The van der Waals surface area contributed by atoms with E-state index in [4.69, 9.17) is 14.2 Å². The van der Waals surface area contributed by atoms with Crippen LogP contribution in [0.2, 0.25) is 0 Å². The molecule has 0 aliphatic heterocycles. The number of hydrogen-bond acceptors (Lipinski definition) is 4. The van der Waals surface area contributed by atoms with Crippen LogP contribution in [0.4, 0.5) is 4.39 Å². The van der Waals surface area contributed by atoms with Crippen molar-refractivity contribution in [3.8, 4) is 17.2 Å². The Morgan fingerprint density at radius 2 is 1.73 bits per heavy atom. The van der Waals surface area contributed by atoms with Crippen LogP contribution in [-0.2, 0) is 4.79 Å². The van der Waals surface area contributed by atoms with Crippen LogP contribution < -0.4 is 19.5 Å². The molecule has 6 heteroatoms. The van der Waals surface area contributed by atoms with Crippen molar-refractivity contribution < 1.29 is 23.4 Å². The Labute approximate surface area is 153 Å². The second kappa shape index (κ2) is 9.08. The standard InChI is InChI=1S/C20H24FNO4/c1-5-17(26-16-9-7-15(21)8-10-16)20(23)22-13(2)14-6-11-18(24-3)19(12-14)25-4/h6-13,17H,5H2,1-4H3,(H,22,23)/t13-,17-/m1/s1. The van der Waals surface area contributed by atoms with Gasteiger partial charge in [-0.25, -0.2) is 4.39 Å². The van der Waals surface area contributed by atoms with Gasteiger partial charge in [0.1, 0.15) is 11.6 Å². The van der Waals surface area contributed by atoms with Crippen LogP contribution in [0, 0.1) is 5.82 Å². The molecular weight excluding hydrogens is 337 g/mol. The van der Waals surface area contributed by atoms with Gasteiger partial charge in [-0.15, -0.1) is 0 Å². The first kappa shape index (κ1) is 19.6. The van der Waals surface area contributed by atoms with Crippen LogP contribution in [0.25, 0.3) is 0 Å². The molecule has 0 aliphatic rings. The lowest BCUT2D eigenvalue weighted by Gasteiger charge is -2.21. The second-order valence-corrected chi connectivity index (χ2v) is 5.81. The molecule has 0 heterocycles. The highest BCUT2D eigenvalue weighted by atomic mass is 19.1. The normalized spacial score (nSPS) is 12.8. The van der Waals surface area contributed by atoms with E-state index in [0.717, 1.165) is 5.56 Å². The van der Waals surface area contributed by atoms with Gasteiger partial charge in [-0.3, -0.25) is 4.79 Å². The third-order valence-corrected chi connectivity index (χ3v) is 4.02. The molecule has 0 aliphatic carbocycles. The smallest absolute Gasteiger partial charge is 0.261 e. The lowest BCUT2D eigenvalue weighted by Crippen LogP contribution is -2.39. The Hall–Kier alpha value is -2.76. The third-order valence-electron chi connectivity index (χ3n) is 4.02. The van der Waals surface area contributed by atoms with Crippen LogP contribution in [0.5, 0.6) is 17.2 Å². The predicted molar refractivity (Wildman–Crippen MR) is 97.2 cm³/mol. The van der Waals surface area contributed by atoms with Crippen molar-refractivity contribution in [3.05, 3.63) is 53.8 Å². The van der Waals surface area contributed by atoms with E-state index in [0.29, 0.717) is 23.7 Å². The van der Waals surface area contributed by atoms with Crippen molar-refractivity contribution in [1.29, 1.82) is 0 Å². The molecule has 0 saturated carbocycles. The molecule has 26 heavy (non-hydrogen) atoms. The van der Waals surface area contributed by atoms with Gasteiger partial charge in [0.05, 0.1) is 20.3 Å². The zero-order valence-electron chi connectivity index (χ0n) is 15.4. The SMILES string of the molecule is CC[C@@H](Oc1ccc(F)cc1)C(=O)N[C@H](C)c1ccc(OC)c(OC)c1. The molecular formula is C20H24FNO4. The van der Waals surface area contributed by atoms with E-state index >= 15 is 0 Å². The highest BCUT2D eigenvalue weighted by molar-refractivity contribution is 5.81. The molecule has 0 saturated heterocycles. The fraction of sp³-hybridized carbons (Fsp3) is 0.350. The minimum Gasteiger partial charge on any atom is -0.493 e. The number of halogens is 1. The minimum atomic E-state index is -0.664. The molecule has 0 bridgehead atoms. The Kier molecular flexibility index (Phi) is 6.83. The summed E-state index contributed by atoms with van der Waals surface area (Å²) in [4.78, 5) is 12.5. The summed E-state index contributed by atoms with van der Waals surface area (Å²) in [7, 11) is 3.13. The zero-order valence-corrected chi connectivity index (χ0v) is 15.4. The molecule has 140 valence electrons. The maximum absolute atomic E-state index is 13.0. The van der Waals surface area contributed by atoms with E-state index < -0.39 is 6.10 Å². The number of carbonyl (C=O) groups excluding carboxylic acids is 1. The largest absolute Gasteiger partial charge is 0.493 e. The number of nitrogens with one attached hydrogen (secondary N) is 1. The molecule has 2 rings (SSSR count). The summed E-state index contributed by atoms with van der Waals surface area (Å²) >= 11 is 0. The Morgan fingerprint density at radius 1 is 1.08 bits per heavy atom. The van der Waals surface area contributed by atoms with Crippen molar-refractivity contribution in [3.63, 3.8) is 0 Å². The summed E-state index contributed by atoms with van der Waals surface area (Å²) in [6.45, 7) is 3.73. The lowest BCUT2D eigenvalue weighted by molar-refractivity contribution is -0.128. The average Bonchev–Trinajstić information content (AvgIpc) is 2.66. The molecule has 2 aromatic carbocycles. The molecule has 1 amide bonds. The molecule has 2 atom stereocenters. The number of carbonyl (C=O) groups is 1. The van der Waals surface area contributed by atoms with Gasteiger partial charge in [-0.2, -0.15) is 0 Å².